The molecular weight excluding hydrogens is 338 g/mol. The maximum atomic E-state index is 12.8. The van der Waals surface area contributed by atoms with E-state index in [2.05, 4.69) is 0 Å². The van der Waals surface area contributed by atoms with E-state index in [1.54, 1.807) is 18.2 Å². The number of hydrogen-bond donors (Lipinski definition) is 0. The van der Waals surface area contributed by atoms with E-state index in [0.29, 0.717) is 22.3 Å². The van der Waals surface area contributed by atoms with Gasteiger partial charge in [0.2, 0.25) is 0 Å². The van der Waals surface area contributed by atoms with Gasteiger partial charge in [0, 0.05) is 6.07 Å². The molecule has 0 atom stereocenters. The molecule has 2 aromatic rings. The van der Waals surface area contributed by atoms with Crippen LogP contribution >= 0.6 is 34.8 Å². The van der Waals surface area contributed by atoms with E-state index in [1.165, 1.54) is 30.3 Å². The van der Waals surface area contributed by atoms with Crippen molar-refractivity contribution in [2.45, 2.75) is 0 Å². The van der Waals surface area contributed by atoms with E-state index in [1.807, 2.05) is 0 Å². The SMILES string of the molecule is Fc1ccc(Oc2ccc(OCC=C(Cl)Cl)c(Cl)c2)cc1. The Kier molecular flexibility index (Phi) is 5.74. The second-order valence-electron chi connectivity index (χ2n) is 3.95. The number of benzene rings is 2. The van der Waals surface area contributed by atoms with Gasteiger partial charge in [0.15, 0.2) is 0 Å². The second kappa shape index (κ2) is 7.55. The predicted molar refractivity (Wildman–Crippen MR) is 83.2 cm³/mol. The third-order valence-electron chi connectivity index (χ3n) is 2.43. The molecule has 0 bridgehead atoms. The van der Waals surface area contributed by atoms with Gasteiger partial charge in [-0.05, 0) is 42.5 Å². The number of hydrogen-bond acceptors (Lipinski definition) is 2. The van der Waals surface area contributed by atoms with Crippen LogP contribution in [-0.2, 0) is 0 Å². The van der Waals surface area contributed by atoms with Gasteiger partial charge < -0.3 is 9.47 Å². The molecule has 0 aliphatic carbocycles. The summed E-state index contributed by atoms with van der Waals surface area (Å²) in [6.07, 6.45) is 1.50. The van der Waals surface area contributed by atoms with Crippen LogP contribution in [0.4, 0.5) is 4.39 Å². The third kappa shape index (κ3) is 5.12. The molecule has 0 aromatic heterocycles. The quantitative estimate of drug-likeness (QED) is 0.663. The third-order valence-corrected chi connectivity index (χ3v) is 3.03. The first-order chi connectivity index (χ1) is 10.0. The molecule has 2 nitrogen and oxygen atoms in total. The first-order valence-electron chi connectivity index (χ1n) is 5.91. The molecule has 110 valence electrons. The largest absolute Gasteiger partial charge is 0.488 e. The standard InChI is InChI=1S/C15H10Cl3FO2/c16-13-9-12(21-11-3-1-10(19)2-4-11)5-6-14(13)20-8-7-15(17)18/h1-7,9H,8H2. The van der Waals surface area contributed by atoms with E-state index >= 15 is 0 Å². The lowest BCUT2D eigenvalue weighted by Gasteiger charge is -2.09. The Morgan fingerprint density at radius 3 is 2.33 bits per heavy atom. The van der Waals surface area contributed by atoms with Gasteiger partial charge in [0.05, 0.1) is 5.02 Å². The van der Waals surface area contributed by atoms with Crippen molar-refractivity contribution in [3.63, 3.8) is 0 Å². The lowest BCUT2D eigenvalue weighted by Crippen LogP contribution is -1.94. The van der Waals surface area contributed by atoms with Gasteiger partial charge in [-0.2, -0.15) is 0 Å². The van der Waals surface area contributed by atoms with E-state index in [0.717, 1.165) is 0 Å². The summed E-state index contributed by atoms with van der Waals surface area (Å²) in [5.41, 5.74) is 0. The minimum Gasteiger partial charge on any atom is -0.488 e. The van der Waals surface area contributed by atoms with Crippen LogP contribution < -0.4 is 9.47 Å². The van der Waals surface area contributed by atoms with E-state index in [4.69, 9.17) is 44.3 Å². The Morgan fingerprint density at radius 1 is 1.05 bits per heavy atom. The molecule has 21 heavy (non-hydrogen) atoms. The second-order valence-corrected chi connectivity index (χ2v) is 5.37. The summed E-state index contributed by atoms with van der Waals surface area (Å²) >= 11 is 17.0. The molecule has 2 rings (SSSR count). The van der Waals surface area contributed by atoms with Crippen LogP contribution in [0, 0.1) is 5.82 Å². The fourth-order valence-electron chi connectivity index (χ4n) is 1.50. The van der Waals surface area contributed by atoms with E-state index in [9.17, 15) is 4.39 Å². The molecule has 6 heteroatoms. The Bertz CT molecular complexity index is 638. The van der Waals surface area contributed by atoms with Crippen molar-refractivity contribution >= 4 is 34.8 Å². The van der Waals surface area contributed by atoms with Crippen LogP contribution in [0.2, 0.25) is 5.02 Å². The highest BCUT2D eigenvalue weighted by molar-refractivity contribution is 6.55. The van der Waals surface area contributed by atoms with Crippen LogP contribution in [0.15, 0.2) is 53.0 Å². The Balaban J connectivity index is 2.04. The van der Waals surface area contributed by atoms with Gasteiger partial charge in [-0.3, -0.25) is 0 Å². The summed E-state index contributed by atoms with van der Waals surface area (Å²) in [4.78, 5) is 0. The highest BCUT2D eigenvalue weighted by Gasteiger charge is 2.05. The van der Waals surface area contributed by atoms with Gasteiger partial charge in [0.1, 0.15) is 34.2 Å². The molecule has 0 N–H and O–H groups in total. The molecule has 0 aliphatic rings. The lowest BCUT2D eigenvalue weighted by atomic mass is 10.3. The number of halogens is 4. The average molecular weight is 348 g/mol. The molecule has 0 amide bonds. The molecule has 0 spiro atoms. The molecule has 0 radical (unpaired) electrons. The van der Waals surface area contributed by atoms with Gasteiger partial charge in [0.25, 0.3) is 0 Å². The van der Waals surface area contributed by atoms with Crippen molar-refractivity contribution in [2.24, 2.45) is 0 Å². The van der Waals surface area contributed by atoms with Crippen molar-refractivity contribution in [2.75, 3.05) is 6.61 Å². The molecule has 0 fully saturated rings. The fourth-order valence-corrected chi connectivity index (χ4v) is 1.85. The average Bonchev–Trinajstić information content (AvgIpc) is 2.43. The van der Waals surface area contributed by atoms with Gasteiger partial charge in [-0.25, -0.2) is 4.39 Å². The van der Waals surface area contributed by atoms with Crippen molar-refractivity contribution in [1.29, 1.82) is 0 Å². The topological polar surface area (TPSA) is 18.5 Å². The maximum absolute atomic E-state index is 12.8. The smallest absolute Gasteiger partial charge is 0.138 e. The first-order valence-corrected chi connectivity index (χ1v) is 7.05. The van der Waals surface area contributed by atoms with Crippen LogP contribution in [-0.4, -0.2) is 6.61 Å². The van der Waals surface area contributed by atoms with E-state index in [-0.39, 0.29) is 16.9 Å². The minimum atomic E-state index is -0.324. The number of ether oxygens (including phenoxy) is 2. The monoisotopic (exact) mass is 346 g/mol. The molecule has 2 aromatic carbocycles. The van der Waals surface area contributed by atoms with Crippen molar-refractivity contribution in [3.8, 4) is 17.2 Å². The zero-order chi connectivity index (χ0) is 15.2. The first kappa shape index (κ1) is 16.0. The summed E-state index contributed by atoms with van der Waals surface area (Å²) < 4.78 is 23.9. The Morgan fingerprint density at radius 2 is 1.71 bits per heavy atom. The molecule has 0 saturated carbocycles. The Labute approximate surface area is 136 Å². The van der Waals surface area contributed by atoms with Crippen LogP contribution in [0.3, 0.4) is 0 Å². The molecule has 0 heterocycles. The molecular formula is C15H10Cl3FO2. The summed E-state index contributed by atoms with van der Waals surface area (Å²) in [5, 5.41) is 0.383. The van der Waals surface area contributed by atoms with Gasteiger partial charge in [-0.1, -0.05) is 34.8 Å². The summed E-state index contributed by atoms with van der Waals surface area (Å²) in [5.74, 6) is 1.19. The van der Waals surface area contributed by atoms with E-state index < -0.39 is 0 Å². The maximum Gasteiger partial charge on any atom is 0.138 e. The van der Waals surface area contributed by atoms with Gasteiger partial charge >= 0.3 is 0 Å². The van der Waals surface area contributed by atoms with Crippen molar-refractivity contribution in [3.05, 3.63) is 63.9 Å². The van der Waals surface area contributed by atoms with Crippen LogP contribution in [0.25, 0.3) is 0 Å². The normalized spacial score (nSPS) is 10.1. The van der Waals surface area contributed by atoms with Crippen molar-refractivity contribution < 1.29 is 13.9 Å². The fraction of sp³-hybridized carbons (Fsp3) is 0.0667. The molecule has 0 unspecified atom stereocenters. The zero-order valence-corrected chi connectivity index (χ0v) is 12.9. The minimum absolute atomic E-state index is 0.127. The highest BCUT2D eigenvalue weighted by Crippen LogP contribution is 2.31. The summed E-state index contributed by atoms with van der Waals surface area (Å²) in [6, 6.07) is 10.6. The summed E-state index contributed by atoms with van der Waals surface area (Å²) in [7, 11) is 0. The highest BCUT2D eigenvalue weighted by atomic mass is 35.5. The summed E-state index contributed by atoms with van der Waals surface area (Å²) in [6.45, 7) is 0.209. The lowest BCUT2D eigenvalue weighted by molar-refractivity contribution is 0.362. The Hall–Kier alpha value is -1.42. The van der Waals surface area contributed by atoms with Crippen LogP contribution in [0.5, 0.6) is 17.2 Å². The predicted octanol–water partition coefficient (Wildman–Crippen LogP) is 5.97. The molecule has 0 aliphatic heterocycles. The van der Waals surface area contributed by atoms with Crippen molar-refractivity contribution in [1.82, 2.24) is 0 Å². The molecule has 0 saturated heterocycles. The number of rotatable bonds is 5. The van der Waals surface area contributed by atoms with Crippen LogP contribution in [0.1, 0.15) is 0 Å². The zero-order valence-electron chi connectivity index (χ0n) is 10.7. The van der Waals surface area contributed by atoms with Gasteiger partial charge in [-0.15, -0.1) is 0 Å².